The second kappa shape index (κ2) is 5.77. The van der Waals surface area contributed by atoms with Crippen LogP contribution in [0.1, 0.15) is 23.5 Å². The Bertz CT molecular complexity index is 827. The van der Waals surface area contributed by atoms with Crippen LogP contribution in [0, 0.1) is 0 Å². The van der Waals surface area contributed by atoms with E-state index in [2.05, 4.69) is 10.3 Å². The second-order valence-electron chi connectivity index (χ2n) is 5.16. The zero-order valence-corrected chi connectivity index (χ0v) is 12.7. The molecule has 0 saturated heterocycles. The molecule has 0 saturated carbocycles. The molecule has 0 aliphatic heterocycles. The standard InChI is InChI=1S/C16H14ClN3O2/c1-20-15-7-4-11(8-14(15)18-19-20)13(9-16(21)22)10-2-5-12(17)6-3-10/h2-8,13H,9H2,1H3,(H,21,22)/t13-/m0/s1. The van der Waals surface area contributed by atoms with E-state index in [1.807, 2.05) is 37.4 Å². The number of aliphatic carboxylic acids is 1. The average Bonchev–Trinajstić information content (AvgIpc) is 2.86. The van der Waals surface area contributed by atoms with Crippen LogP contribution < -0.4 is 0 Å². The van der Waals surface area contributed by atoms with Gasteiger partial charge in [0.2, 0.25) is 0 Å². The Kier molecular flexibility index (Phi) is 3.81. The molecule has 0 aliphatic carbocycles. The normalized spacial score (nSPS) is 12.5. The van der Waals surface area contributed by atoms with Crippen molar-refractivity contribution >= 4 is 28.6 Å². The van der Waals surface area contributed by atoms with Crippen molar-refractivity contribution in [2.75, 3.05) is 0 Å². The quantitative estimate of drug-likeness (QED) is 0.802. The Morgan fingerprint density at radius 3 is 2.59 bits per heavy atom. The number of carboxylic acid groups (broad SMARTS) is 1. The van der Waals surface area contributed by atoms with Crippen LogP contribution in [0.3, 0.4) is 0 Å². The molecule has 0 radical (unpaired) electrons. The van der Waals surface area contributed by atoms with E-state index < -0.39 is 5.97 Å². The van der Waals surface area contributed by atoms with Crippen molar-refractivity contribution in [2.45, 2.75) is 12.3 Å². The maximum Gasteiger partial charge on any atom is 0.304 e. The fourth-order valence-electron chi connectivity index (χ4n) is 2.57. The van der Waals surface area contributed by atoms with E-state index in [0.717, 1.165) is 22.2 Å². The number of hydrogen-bond acceptors (Lipinski definition) is 3. The maximum atomic E-state index is 11.2. The topological polar surface area (TPSA) is 68.0 Å². The molecule has 0 aliphatic rings. The number of rotatable bonds is 4. The minimum Gasteiger partial charge on any atom is -0.481 e. The van der Waals surface area contributed by atoms with Crippen LogP contribution in [0.2, 0.25) is 5.02 Å². The number of aryl methyl sites for hydroxylation is 1. The number of fused-ring (bicyclic) bond motifs is 1. The Labute approximate surface area is 132 Å². The molecular formula is C16H14ClN3O2. The molecular weight excluding hydrogens is 302 g/mol. The van der Waals surface area contributed by atoms with Crippen molar-refractivity contribution in [3.8, 4) is 0 Å². The third-order valence-electron chi connectivity index (χ3n) is 3.69. The summed E-state index contributed by atoms with van der Waals surface area (Å²) in [5.74, 6) is -1.10. The minimum absolute atomic E-state index is 0.00734. The second-order valence-corrected chi connectivity index (χ2v) is 5.60. The summed E-state index contributed by atoms with van der Waals surface area (Å²) in [6.07, 6.45) is 0.00734. The van der Waals surface area contributed by atoms with Gasteiger partial charge in [-0.1, -0.05) is 35.0 Å². The highest BCUT2D eigenvalue weighted by molar-refractivity contribution is 6.30. The fraction of sp³-hybridized carbons (Fsp3) is 0.188. The molecule has 1 N–H and O–H groups in total. The molecule has 1 aromatic heterocycles. The third kappa shape index (κ3) is 2.80. The lowest BCUT2D eigenvalue weighted by Crippen LogP contribution is -2.08. The number of carbonyl (C=O) groups is 1. The monoisotopic (exact) mass is 315 g/mol. The molecule has 0 spiro atoms. The highest BCUT2D eigenvalue weighted by atomic mass is 35.5. The van der Waals surface area contributed by atoms with Crippen LogP contribution in [0.4, 0.5) is 0 Å². The SMILES string of the molecule is Cn1nnc2cc([C@@H](CC(=O)O)c3ccc(Cl)cc3)ccc21. The first kappa shape index (κ1) is 14.5. The number of hydrogen-bond donors (Lipinski definition) is 1. The number of aromatic nitrogens is 3. The molecule has 3 aromatic rings. The van der Waals surface area contributed by atoms with Gasteiger partial charge in [0, 0.05) is 18.0 Å². The van der Waals surface area contributed by atoms with Gasteiger partial charge in [-0.3, -0.25) is 4.79 Å². The molecule has 0 unspecified atom stereocenters. The zero-order valence-electron chi connectivity index (χ0n) is 11.9. The van der Waals surface area contributed by atoms with Crippen LogP contribution in [0.15, 0.2) is 42.5 Å². The highest BCUT2D eigenvalue weighted by Crippen LogP contribution is 2.30. The summed E-state index contributed by atoms with van der Waals surface area (Å²) in [7, 11) is 1.82. The Morgan fingerprint density at radius 1 is 1.23 bits per heavy atom. The van der Waals surface area contributed by atoms with Gasteiger partial charge in [0.15, 0.2) is 0 Å². The van der Waals surface area contributed by atoms with Gasteiger partial charge in [0.05, 0.1) is 11.9 Å². The molecule has 22 heavy (non-hydrogen) atoms. The van der Waals surface area contributed by atoms with Crippen LogP contribution >= 0.6 is 11.6 Å². The van der Waals surface area contributed by atoms with Gasteiger partial charge in [-0.2, -0.15) is 0 Å². The smallest absolute Gasteiger partial charge is 0.304 e. The first-order valence-electron chi connectivity index (χ1n) is 6.81. The molecule has 2 aromatic carbocycles. The highest BCUT2D eigenvalue weighted by Gasteiger charge is 2.19. The number of carboxylic acids is 1. The predicted molar refractivity (Wildman–Crippen MR) is 84.1 cm³/mol. The first-order chi connectivity index (χ1) is 10.5. The van der Waals surface area contributed by atoms with E-state index in [9.17, 15) is 9.90 Å². The molecule has 1 atom stereocenters. The maximum absolute atomic E-state index is 11.2. The minimum atomic E-state index is -0.848. The van der Waals surface area contributed by atoms with E-state index in [1.54, 1.807) is 16.8 Å². The van der Waals surface area contributed by atoms with Gasteiger partial charge in [0.25, 0.3) is 0 Å². The van der Waals surface area contributed by atoms with Gasteiger partial charge in [-0.05, 0) is 35.4 Å². The summed E-state index contributed by atoms with van der Waals surface area (Å²) in [6.45, 7) is 0. The van der Waals surface area contributed by atoms with E-state index >= 15 is 0 Å². The summed E-state index contributed by atoms with van der Waals surface area (Å²) < 4.78 is 1.69. The molecule has 6 heteroatoms. The largest absolute Gasteiger partial charge is 0.481 e. The lowest BCUT2D eigenvalue weighted by Gasteiger charge is -2.16. The van der Waals surface area contributed by atoms with Crippen molar-refractivity contribution < 1.29 is 9.90 Å². The predicted octanol–water partition coefficient (Wildman–Crippen LogP) is 3.23. The molecule has 0 amide bonds. The number of halogens is 1. The van der Waals surface area contributed by atoms with Crippen LogP contribution in [-0.2, 0) is 11.8 Å². The average molecular weight is 316 g/mol. The summed E-state index contributed by atoms with van der Waals surface area (Å²) in [5, 5.41) is 17.9. The van der Waals surface area contributed by atoms with E-state index in [4.69, 9.17) is 11.6 Å². The molecule has 3 rings (SSSR count). The molecule has 0 bridgehead atoms. The number of benzene rings is 2. The fourth-order valence-corrected chi connectivity index (χ4v) is 2.70. The Morgan fingerprint density at radius 2 is 1.91 bits per heavy atom. The van der Waals surface area contributed by atoms with Crippen molar-refractivity contribution in [2.24, 2.45) is 7.05 Å². The summed E-state index contributed by atoms with van der Waals surface area (Å²) in [6, 6.07) is 13.0. The summed E-state index contributed by atoms with van der Waals surface area (Å²) in [4.78, 5) is 11.2. The lowest BCUT2D eigenvalue weighted by atomic mass is 9.88. The number of nitrogens with zero attached hydrogens (tertiary/aromatic N) is 3. The van der Waals surface area contributed by atoms with Crippen molar-refractivity contribution in [1.82, 2.24) is 15.0 Å². The van der Waals surface area contributed by atoms with Crippen LogP contribution in [0.5, 0.6) is 0 Å². The van der Waals surface area contributed by atoms with Gasteiger partial charge in [-0.15, -0.1) is 5.10 Å². The van der Waals surface area contributed by atoms with E-state index in [-0.39, 0.29) is 12.3 Å². The van der Waals surface area contributed by atoms with Crippen molar-refractivity contribution in [3.63, 3.8) is 0 Å². The van der Waals surface area contributed by atoms with Gasteiger partial charge >= 0.3 is 5.97 Å². The zero-order chi connectivity index (χ0) is 15.7. The van der Waals surface area contributed by atoms with Gasteiger partial charge < -0.3 is 5.11 Å². The first-order valence-corrected chi connectivity index (χ1v) is 7.19. The van der Waals surface area contributed by atoms with Crippen molar-refractivity contribution in [3.05, 3.63) is 58.6 Å². The van der Waals surface area contributed by atoms with Gasteiger partial charge in [0.1, 0.15) is 5.52 Å². The van der Waals surface area contributed by atoms with Crippen LogP contribution in [-0.4, -0.2) is 26.1 Å². The molecule has 112 valence electrons. The summed E-state index contributed by atoms with van der Waals surface area (Å²) >= 11 is 5.91. The molecule has 5 nitrogen and oxygen atoms in total. The van der Waals surface area contributed by atoms with Gasteiger partial charge in [-0.25, -0.2) is 4.68 Å². The van der Waals surface area contributed by atoms with Crippen LogP contribution in [0.25, 0.3) is 11.0 Å². The summed E-state index contributed by atoms with van der Waals surface area (Å²) in [5.41, 5.74) is 3.48. The molecule has 1 heterocycles. The van der Waals surface area contributed by atoms with E-state index in [0.29, 0.717) is 5.02 Å². The third-order valence-corrected chi connectivity index (χ3v) is 3.94. The Hall–Kier alpha value is -2.40. The van der Waals surface area contributed by atoms with Crippen molar-refractivity contribution in [1.29, 1.82) is 0 Å². The lowest BCUT2D eigenvalue weighted by molar-refractivity contribution is -0.137. The Balaban J connectivity index is 2.06. The molecule has 0 fully saturated rings. The van der Waals surface area contributed by atoms with E-state index in [1.165, 1.54) is 0 Å².